The van der Waals surface area contributed by atoms with E-state index in [2.05, 4.69) is 31.9 Å². The number of aliphatic hydroxyl groups is 1. The summed E-state index contributed by atoms with van der Waals surface area (Å²) in [4.78, 5) is 0. The number of aliphatic hydroxyl groups excluding tert-OH is 1. The van der Waals surface area contributed by atoms with E-state index in [1.165, 1.54) is 0 Å². The van der Waals surface area contributed by atoms with Crippen LogP contribution < -0.4 is 9.47 Å². The topological polar surface area (TPSA) is 38.7 Å². The van der Waals surface area contributed by atoms with Crippen LogP contribution in [-0.4, -0.2) is 18.8 Å². The maximum Gasteiger partial charge on any atom is 0.148 e. The van der Waals surface area contributed by atoms with E-state index in [9.17, 15) is 0 Å². The highest BCUT2D eigenvalue weighted by Crippen LogP contribution is 2.35. The molecule has 0 unspecified atom stereocenters. The molecule has 0 aromatic heterocycles. The Morgan fingerprint density at radius 1 is 1.09 bits per heavy atom. The van der Waals surface area contributed by atoms with Gasteiger partial charge in [0.25, 0.3) is 0 Å². The quantitative estimate of drug-likeness (QED) is 0.719. The van der Waals surface area contributed by atoms with Crippen LogP contribution in [0.15, 0.2) is 51.4 Å². The SMILES string of the molecule is COc1ccc(COc2c(Br)cc(C=CCO)cc2Br)cc1. The predicted octanol–water partition coefficient (Wildman–Crippen LogP) is 4.80. The van der Waals surface area contributed by atoms with Crippen molar-refractivity contribution in [3.05, 3.63) is 62.5 Å². The van der Waals surface area contributed by atoms with Gasteiger partial charge in [0.05, 0.1) is 22.7 Å². The number of hydrogen-bond acceptors (Lipinski definition) is 3. The summed E-state index contributed by atoms with van der Waals surface area (Å²) in [6.07, 6.45) is 3.54. The number of halogens is 2. The normalized spacial score (nSPS) is 10.9. The Kier molecular flexibility index (Phi) is 6.49. The lowest BCUT2D eigenvalue weighted by molar-refractivity contribution is 0.302. The van der Waals surface area contributed by atoms with Crippen molar-refractivity contribution in [2.75, 3.05) is 13.7 Å². The maximum atomic E-state index is 8.82. The third kappa shape index (κ3) is 4.60. The Labute approximate surface area is 146 Å². The van der Waals surface area contributed by atoms with Gasteiger partial charge in [0.1, 0.15) is 18.1 Å². The van der Waals surface area contributed by atoms with E-state index >= 15 is 0 Å². The molecule has 0 bridgehead atoms. The van der Waals surface area contributed by atoms with Gasteiger partial charge in [-0.2, -0.15) is 0 Å². The monoisotopic (exact) mass is 426 g/mol. The Morgan fingerprint density at radius 3 is 2.27 bits per heavy atom. The lowest BCUT2D eigenvalue weighted by atomic mass is 10.2. The molecular weight excluding hydrogens is 412 g/mol. The van der Waals surface area contributed by atoms with Crippen LogP contribution in [-0.2, 0) is 6.61 Å². The molecular formula is C17H16Br2O3. The van der Waals surface area contributed by atoms with Crippen LogP contribution >= 0.6 is 31.9 Å². The predicted molar refractivity (Wildman–Crippen MR) is 95.3 cm³/mol. The molecule has 116 valence electrons. The van der Waals surface area contributed by atoms with E-state index < -0.39 is 0 Å². The summed E-state index contributed by atoms with van der Waals surface area (Å²) >= 11 is 7.03. The van der Waals surface area contributed by atoms with Crippen LogP contribution in [0.5, 0.6) is 11.5 Å². The minimum Gasteiger partial charge on any atom is -0.497 e. The van der Waals surface area contributed by atoms with Gasteiger partial charge in [-0.3, -0.25) is 0 Å². The summed E-state index contributed by atoms with van der Waals surface area (Å²) in [5, 5.41) is 8.82. The van der Waals surface area contributed by atoms with E-state index in [1.54, 1.807) is 13.2 Å². The van der Waals surface area contributed by atoms with Gasteiger partial charge in [0.15, 0.2) is 0 Å². The molecule has 0 radical (unpaired) electrons. The number of ether oxygens (including phenoxy) is 2. The molecule has 0 aliphatic heterocycles. The van der Waals surface area contributed by atoms with Crippen LogP contribution in [0.3, 0.4) is 0 Å². The van der Waals surface area contributed by atoms with Crippen molar-refractivity contribution >= 4 is 37.9 Å². The Bertz CT molecular complexity index is 628. The van der Waals surface area contributed by atoms with Crippen LogP contribution in [0.25, 0.3) is 6.08 Å². The molecule has 2 aromatic carbocycles. The van der Waals surface area contributed by atoms with Gasteiger partial charge in [0, 0.05) is 0 Å². The zero-order chi connectivity index (χ0) is 15.9. The molecule has 0 fully saturated rings. The van der Waals surface area contributed by atoms with E-state index in [4.69, 9.17) is 14.6 Å². The zero-order valence-corrected chi connectivity index (χ0v) is 15.2. The summed E-state index contributed by atoms with van der Waals surface area (Å²) in [7, 11) is 1.65. The molecule has 2 rings (SSSR count). The zero-order valence-electron chi connectivity index (χ0n) is 12.1. The van der Waals surface area contributed by atoms with Crippen molar-refractivity contribution < 1.29 is 14.6 Å². The second-order valence-corrected chi connectivity index (χ2v) is 6.24. The number of benzene rings is 2. The fraction of sp³-hybridized carbons (Fsp3) is 0.176. The lowest BCUT2D eigenvalue weighted by Crippen LogP contribution is -1.97. The molecule has 22 heavy (non-hydrogen) atoms. The molecule has 5 heteroatoms. The molecule has 3 nitrogen and oxygen atoms in total. The molecule has 0 aliphatic rings. The molecule has 0 amide bonds. The van der Waals surface area contributed by atoms with E-state index in [0.717, 1.165) is 31.6 Å². The average molecular weight is 428 g/mol. The van der Waals surface area contributed by atoms with Crippen LogP contribution in [0.1, 0.15) is 11.1 Å². The molecule has 0 aliphatic carbocycles. The summed E-state index contributed by atoms with van der Waals surface area (Å²) in [6, 6.07) is 11.6. The van der Waals surface area contributed by atoms with Gasteiger partial charge in [-0.15, -0.1) is 0 Å². The van der Waals surface area contributed by atoms with Gasteiger partial charge in [0.2, 0.25) is 0 Å². The third-order valence-electron chi connectivity index (χ3n) is 2.98. The molecule has 0 saturated carbocycles. The third-order valence-corrected chi connectivity index (χ3v) is 4.16. The molecule has 0 heterocycles. The van der Waals surface area contributed by atoms with Crippen LogP contribution in [0, 0.1) is 0 Å². The van der Waals surface area contributed by atoms with E-state index in [0.29, 0.717) is 6.61 Å². The van der Waals surface area contributed by atoms with Crippen LogP contribution in [0.2, 0.25) is 0 Å². The fourth-order valence-corrected chi connectivity index (χ4v) is 3.33. The molecule has 0 spiro atoms. The first kappa shape index (κ1) is 17.1. The van der Waals surface area contributed by atoms with E-state index in [1.807, 2.05) is 42.5 Å². The minimum atomic E-state index is 0.0188. The van der Waals surface area contributed by atoms with E-state index in [-0.39, 0.29) is 6.61 Å². The fourth-order valence-electron chi connectivity index (χ4n) is 1.88. The Balaban J connectivity index is 2.10. The van der Waals surface area contributed by atoms with Gasteiger partial charge in [-0.1, -0.05) is 24.3 Å². The summed E-state index contributed by atoms with van der Waals surface area (Å²) in [5.41, 5.74) is 2.04. The smallest absolute Gasteiger partial charge is 0.148 e. The minimum absolute atomic E-state index is 0.0188. The maximum absolute atomic E-state index is 8.82. The van der Waals surface area contributed by atoms with Gasteiger partial charge < -0.3 is 14.6 Å². The first-order chi connectivity index (χ1) is 10.6. The van der Waals surface area contributed by atoms with Crippen molar-refractivity contribution in [2.45, 2.75) is 6.61 Å². The van der Waals surface area contributed by atoms with Gasteiger partial charge in [-0.05, 0) is 67.3 Å². The van der Waals surface area contributed by atoms with Crippen molar-refractivity contribution in [3.8, 4) is 11.5 Å². The Hall–Kier alpha value is -1.30. The summed E-state index contributed by atoms with van der Waals surface area (Å²) in [5.74, 6) is 1.57. The Morgan fingerprint density at radius 2 is 1.73 bits per heavy atom. The lowest BCUT2D eigenvalue weighted by Gasteiger charge is -2.12. The summed E-state index contributed by atoms with van der Waals surface area (Å²) in [6.45, 7) is 0.484. The number of methoxy groups -OCH3 is 1. The average Bonchev–Trinajstić information content (AvgIpc) is 2.52. The van der Waals surface area contributed by atoms with Crippen molar-refractivity contribution in [1.82, 2.24) is 0 Å². The highest BCUT2D eigenvalue weighted by atomic mass is 79.9. The van der Waals surface area contributed by atoms with Crippen molar-refractivity contribution in [1.29, 1.82) is 0 Å². The summed E-state index contributed by atoms with van der Waals surface area (Å²) < 4.78 is 12.7. The van der Waals surface area contributed by atoms with Crippen molar-refractivity contribution in [3.63, 3.8) is 0 Å². The second kappa shape index (κ2) is 8.36. The van der Waals surface area contributed by atoms with Gasteiger partial charge in [-0.25, -0.2) is 0 Å². The van der Waals surface area contributed by atoms with Crippen LogP contribution in [0.4, 0.5) is 0 Å². The second-order valence-electron chi connectivity index (χ2n) is 4.54. The van der Waals surface area contributed by atoms with Gasteiger partial charge >= 0.3 is 0 Å². The highest BCUT2D eigenvalue weighted by Gasteiger charge is 2.08. The number of hydrogen-bond donors (Lipinski definition) is 1. The first-order valence-corrected chi connectivity index (χ1v) is 8.25. The molecule has 0 atom stereocenters. The standard InChI is InChI=1S/C17H16Br2O3/c1-21-14-6-4-12(5-7-14)11-22-17-15(18)9-13(3-2-8-20)10-16(17)19/h2-7,9-10,20H,8,11H2,1H3. The molecule has 1 N–H and O–H groups in total. The highest BCUT2D eigenvalue weighted by molar-refractivity contribution is 9.11. The molecule has 2 aromatic rings. The first-order valence-electron chi connectivity index (χ1n) is 6.66. The largest absolute Gasteiger partial charge is 0.497 e. The number of rotatable bonds is 6. The molecule has 0 saturated heterocycles. The van der Waals surface area contributed by atoms with Crippen molar-refractivity contribution in [2.24, 2.45) is 0 Å².